The first-order valence-corrected chi connectivity index (χ1v) is 10.5. The molecule has 6 heteroatoms. The van der Waals surface area contributed by atoms with Crippen molar-refractivity contribution in [3.63, 3.8) is 0 Å². The fraction of sp³-hybridized carbons (Fsp3) is 0.375. The fourth-order valence-corrected chi connectivity index (χ4v) is 4.49. The molecule has 0 radical (unpaired) electrons. The van der Waals surface area contributed by atoms with Crippen molar-refractivity contribution in [2.24, 2.45) is 5.92 Å². The van der Waals surface area contributed by atoms with Crippen LogP contribution in [0.5, 0.6) is 0 Å². The third-order valence-corrected chi connectivity index (χ3v) is 6.22. The largest absolute Gasteiger partial charge is 0.447 e. The quantitative estimate of drug-likeness (QED) is 0.768. The maximum atomic E-state index is 13.8. The number of benzene rings is 2. The Hall–Kier alpha value is -3.15. The van der Waals surface area contributed by atoms with E-state index in [4.69, 9.17) is 4.74 Å². The van der Waals surface area contributed by atoms with E-state index in [1.54, 1.807) is 4.90 Å². The number of carbonyl (C=O) groups is 3. The molecular formula is C24H24N2O4. The summed E-state index contributed by atoms with van der Waals surface area (Å²) in [5.74, 6) is 0.0332. The molecule has 6 nitrogen and oxygen atoms in total. The van der Waals surface area contributed by atoms with Gasteiger partial charge in [-0.3, -0.25) is 9.59 Å². The monoisotopic (exact) mass is 404 g/mol. The van der Waals surface area contributed by atoms with Gasteiger partial charge < -0.3 is 9.64 Å². The Labute approximate surface area is 175 Å². The van der Waals surface area contributed by atoms with Crippen molar-refractivity contribution >= 4 is 17.9 Å². The summed E-state index contributed by atoms with van der Waals surface area (Å²) >= 11 is 0. The Morgan fingerprint density at radius 2 is 1.73 bits per heavy atom. The van der Waals surface area contributed by atoms with Crippen LogP contribution in [0.2, 0.25) is 0 Å². The molecule has 0 spiro atoms. The molecule has 2 aromatic rings. The number of imide groups is 1. The number of hydrogen-bond acceptors (Lipinski definition) is 4. The van der Waals surface area contributed by atoms with Crippen LogP contribution in [-0.2, 0) is 27.2 Å². The summed E-state index contributed by atoms with van der Waals surface area (Å²) in [6.45, 7) is 0.736. The summed E-state index contributed by atoms with van der Waals surface area (Å²) in [5, 5.41) is 0. The summed E-state index contributed by atoms with van der Waals surface area (Å²) in [5.41, 5.74) is 2.72. The molecule has 2 aromatic carbocycles. The zero-order valence-corrected chi connectivity index (χ0v) is 16.7. The van der Waals surface area contributed by atoms with Gasteiger partial charge in [0.1, 0.15) is 12.6 Å². The second-order valence-corrected chi connectivity index (χ2v) is 8.40. The van der Waals surface area contributed by atoms with E-state index in [2.05, 4.69) is 0 Å². The van der Waals surface area contributed by atoms with Crippen molar-refractivity contribution < 1.29 is 19.1 Å². The smallest absolute Gasteiger partial charge is 0.417 e. The minimum absolute atomic E-state index is 0.0499. The Balaban J connectivity index is 1.48. The summed E-state index contributed by atoms with van der Waals surface area (Å²) in [7, 11) is 0. The topological polar surface area (TPSA) is 66.9 Å². The van der Waals surface area contributed by atoms with Crippen LogP contribution in [0.25, 0.3) is 0 Å². The van der Waals surface area contributed by atoms with Crippen molar-refractivity contribution in [1.29, 1.82) is 0 Å². The minimum Gasteiger partial charge on any atom is -0.447 e. The SMILES string of the molecule is O=C1Cc2ccccc2C(C(=O)N2C(=O)OCC2Cc2ccccc2)N1CC1CC1. The summed E-state index contributed by atoms with van der Waals surface area (Å²) < 4.78 is 5.27. The van der Waals surface area contributed by atoms with Gasteiger partial charge in [-0.2, -0.15) is 0 Å². The first-order chi connectivity index (χ1) is 14.6. The molecule has 2 aliphatic heterocycles. The van der Waals surface area contributed by atoms with E-state index < -0.39 is 12.1 Å². The van der Waals surface area contributed by atoms with Crippen LogP contribution in [0.1, 0.15) is 35.6 Å². The van der Waals surface area contributed by atoms with Gasteiger partial charge in [-0.25, -0.2) is 9.69 Å². The molecule has 1 saturated carbocycles. The van der Waals surface area contributed by atoms with Crippen LogP contribution >= 0.6 is 0 Å². The highest BCUT2D eigenvalue weighted by molar-refractivity contribution is 6.00. The van der Waals surface area contributed by atoms with Gasteiger partial charge >= 0.3 is 6.09 Å². The van der Waals surface area contributed by atoms with Gasteiger partial charge in [0.2, 0.25) is 5.91 Å². The number of nitrogens with zero attached hydrogens (tertiary/aromatic N) is 2. The molecule has 2 fully saturated rings. The molecule has 2 atom stereocenters. The number of amides is 3. The van der Waals surface area contributed by atoms with Crippen molar-refractivity contribution in [2.75, 3.05) is 13.2 Å². The first kappa shape index (κ1) is 18.9. The maximum absolute atomic E-state index is 13.8. The standard InChI is InChI=1S/C24H24N2O4/c27-21-13-18-8-4-5-9-20(18)22(25(21)14-17-10-11-17)23(28)26-19(15-30-24(26)29)12-16-6-2-1-3-7-16/h1-9,17,19,22H,10-15H2. The van der Waals surface area contributed by atoms with Gasteiger partial charge in [-0.15, -0.1) is 0 Å². The van der Waals surface area contributed by atoms with E-state index in [-0.39, 0.29) is 24.5 Å². The van der Waals surface area contributed by atoms with Gasteiger partial charge in [0, 0.05) is 6.54 Å². The van der Waals surface area contributed by atoms with E-state index in [1.165, 1.54) is 4.90 Å². The van der Waals surface area contributed by atoms with Crippen LogP contribution in [0.4, 0.5) is 4.79 Å². The van der Waals surface area contributed by atoms with Crippen molar-refractivity contribution in [3.8, 4) is 0 Å². The molecule has 2 unspecified atom stereocenters. The fourth-order valence-electron chi connectivity index (χ4n) is 4.49. The number of carbonyl (C=O) groups excluding carboxylic acids is 3. The number of fused-ring (bicyclic) bond motifs is 1. The molecule has 3 aliphatic rings. The molecule has 30 heavy (non-hydrogen) atoms. The van der Waals surface area contributed by atoms with Crippen LogP contribution in [-0.4, -0.2) is 46.9 Å². The molecule has 5 rings (SSSR count). The lowest BCUT2D eigenvalue weighted by atomic mass is 9.90. The Morgan fingerprint density at radius 1 is 1.00 bits per heavy atom. The van der Waals surface area contributed by atoms with E-state index in [9.17, 15) is 14.4 Å². The number of rotatable bonds is 5. The van der Waals surface area contributed by atoms with E-state index in [0.29, 0.717) is 25.3 Å². The second kappa shape index (κ2) is 7.59. The lowest BCUT2D eigenvalue weighted by molar-refractivity contribution is -0.146. The van der Waals surface area contributed by atoms with Crippen LogP contribution < -0.4 is 0 Å². The van der Waals surface area contributed by atoms with E-state index in [1.807, 2.05) is 54.6 Å². The predicted octanol–water partition coefficient (Wildman–Crippen LogP) is 3.11. The number of hydrogen-bond donors (Lipinski definition) is 0. The lowest BCUT2D eigenvalue weighted by Crippen LogP contribution is -2.51. The molecule has 1 aliphatic carbocycles. The molecule has 154 valence electrons. The predicted molar refractivity (Wildman–Crippen MR) is 109 cm³/mol. The zero-order chi connectivity index (χ0) is 20.7. The average molecular weight is 404 g/mol. The number of cyclic esters (lactones) is 1. The Kier molecular flexibility index (Phi) is 4.77. The average Bonchev–Trinajstić information content (AvgIpc) is 3.50. The normalized spacial score (nSPS) is 23.3. The summed E-state index contributed by atoms with van der Waals surface area (Å²) in [4.78, 5) is 42.2. The third kappa shape index (κ3) is 3.47. The Morgan fingerprint density at radius 3 is 2.50 bits per heavy atom. The highest BCUT2D eigenvalue weighted by Crippen LogP contribution is 2.38. The molecular weight excluding hydrogens is 380 g/mol. The second-order valence-electron chi connectivity index (χ2n) is 8.40. The highest BCUT2D eigenvalue weighted by atomic mass is 16.6. The van der Waals surface area contributed by atoms with Gasteiger partial charge in [-0.1, -0.05) is 54.6 Å². The first-order valence-electron chi connectivity index (χ1n) is 10.5. The number of ether oxygens (including phenoxy) is 1. The minimum atomic E-state index is -0.771. The van der Waals surface area contributed by atoms with Crippen molar-refractivity contribution in [1.82, 2.24) is 9.80 Å². The maximum Gasteiger partial charge on any atom is 0.417 e. The zero-order valence-electron chi connectivity index (χ0n) is 16.7. The molecule has 0 aromatic heterocycles. The highest BCUT2D eigenvalue weighted by Gasteiger charge is 2.47. The summed E-state index contributed by atoms with van der Waals surface area (Å²) in [6, 6.07) is 16.2. The van der Waals surface area contributed by atoms with Crippen LogP contribution in [0, 0.1) is 5.92 Å². The van der Waals surface area contributed by atoms with Gasteiger partial charge in [0.25, 0.3) is 5.91 Å². The molecule has 0 N–H and O–H groups in total. The van der Waals surface area contributed by atoms with Gasteiger partial charge in [0.05, 0.1) is 12.5 Å². The van der Waals surface area contributed by atoms with Gasteiger partial charge in [-0.05, 0) is 41.9 Å². The molecule has 2 heterocycles. The third-order valence-electron chi connectivity index (χ3n) is 6.22. The van der Waals surface area contributed by atoms with Crippen molar-refractivity contribution in [2.45, 2.75) is 37.8 Å². The van der Waals surface area contributed by atoms with Gasteiger partial charge in [0.15, 0.2) is 0 Å². The lowest BCUT2D eigenvalue weighted by Gasteiger charge is -2.38. The van der Waals surface area contributed by atoms with E-state index >= 15 is 0 Å². The van der Waals surface area contributed by atoms with Crippen LogP contribution in [0.3, 0.4) is 0 Å². The van der Waals surface area contributed by atoms with Crippen LogP contribution in [0.15, 0.2) is 54.6 Å². The molecule has 0 bridgehead atoms. The molecule has 3 amide bonds. The van der Waals surface area contributed by atoms with Crippen molar-refractivity contribution in [3.05, 3.63) is 71.3 Å². The van der Waals surface area contributed by atoms with E-state index in [0.717, 1.165) is 29.5 Å². The Bertz CT molecular complexity index is 986. The molecule has 1 saturated heterocycles. The summed E-state index contributed by atoms with van der Waals surface area (Å²) in [6.07, 6.45) is 2.36.